The van der Waals surface area contributed by atoms with Crippen LogP contribution in [0.3, 0.4) is 0 Å². The third kappa shape index (κ3) is 4.82. The van der Waals surface area contributed by atoms with Gasteiger partial charge in [0.15, 0.2) is 11.0 Å². The van der Waals surface area contributed by atoms with Crippen molar-refractivity contribution < 1.29 is 9.53 Å². The number of amides is 1. The van der Waals surface area contributed by atoms with E-state index >= 15 is 0 Å². The van der Waals surface area contributed by atoms with Gasteiger partial charge in [-0.3, -0.25) is 9.36 Å². The lowest BCUT2D eigenvalue weighted by Crippen LogP contribution is -2.15. The lowest BCUT2D eigenvalue weighted by molar-refractivity contribution is -0.113. The average molecular weight is 459 g/mol. The molecule has 0 saturated heterocycles. The molecule has 3 aromatic rings. The first-order valence-corrected chi connectivity index (χ1v) is 10.3. The van der Waals surface area contributed by atoms with Gasteiger partial charge in [-0.15, -0.1) is 16.8 Å². The summed E-state index contributed by atoms with van der Waals surface area (Å²) in [6, 6.07) is 15.1. The molecule has 3 rings (SSSR count). The van der Waals surface area contributed by atoms with Crippen LogP contribution in [0.4, 0.5) is 5.69 Å². The molecule has 1 amide bonds. The molecule has 0 radical (unpaired) electrons. The molecule has 8 heteroatoms. The molecule has 0 aliphatic rings. The molecule has 0 aliphatic carbocycles. The average Bonchev–Trinajstić information content (AvgIpc) is 3.11. The summed E-state index contributed by atoms with van der Waals surface area (Å²) < 4.78 is 8.05. The summed E-state index contributed by atoms with van der Waals surface area (Å²) in [5, 5.41) is 12.1. The predicted octanol–water partition coefficient (Wildman–Crippen LogP) is 4.63. The van der Waals surface area contributed by atoms with Crippen molar-refractivity contribution >= 4 is 39.3 Å². The number of anilines is 1. The van der Waals surface area contributed by atoms with E-state index in [0.717, 1.165) is 21.5 Å². The van der Waals surface area contributed by atoms with E-state index in [2.05, 4.69) is 38.0 Å². The summed E-state index contributed by atoms with van der Waals surface area (Å²) >= 11 is 4.75. The minimum absolute atomic E-state index is 0.118. The minimum Gasteiger partial charge on any atom is -0.497 e. The topological polar surface area (TPSA) is 69.0 Å². The second-order valence-corrected chi connectivity index (χ2v) is 7.55. The molecule has 0 bridgehead atoms. The molecule has 0 fully saturated rings. The highest BCUT2D eigenvalue weighted by atomic mass is 79.9. The number of benzene rings is 2. The van der Waals surface area contributed by atoms with Crippen molar-refractivity contribution in [1.29, 1.82) is 0 Å². The van der Waals surface area contributed by atoms with Gasteiger partial charge in [0, 0.05) is 16.6 Å². The molecule has 0 saturated carbocycles. The third-order valence-electron chi connectivity index (χ3n) is 3.84. The summed E-state index contributed by atoms with van der Waals surface area (Å²) in [4.78, 5) is 12.3. The van der Waals surface area contributed by atoms with Gasteiger partial charge in [-0.2, -0.15) is 0 Å². The molecular formula is C20H19BrN4O2S. The number of ether oxygens (including phenoxy) is 1. The highest BCUT2D eigenvalue weighted by molar-refractivity contribution is 9.10. The van der Waals surface area contributed by atoms with E-state index in [1.165, 1.54) is 11.8 Å². The van der Waals surface area contributed by atoms with Crippen molar-refractivity contribution in [3.05, 3.63) is 65.7 Å². The second kappa shape index (κ2) is 9.57. The lowest BCUT2D eigenvalue weighted by atomic mass is 10.2. The zero-order valence-electron chi connectivity index (χ0n) is 15.3. The van der Waals surface area contributed by atoms with E-state index < -0.39 is 0 Å². The molecule has 0 unspecified atom stereocenters. The van der Waals surface area contributed by atoms with Crippen molar-refractivity contribution in [3.63, 3.8) is 0 Å². The van der Waals surface area contributed by atoms with E-state index in [4.69, 9.17) is 4.74 Å². The van der Waals surface area contributed by atoms with Gasteiger partial charge >= 0.3 is 0 Å². The van der Waals surface area contributed by atoms with Crippen molar-refractivity contribution in [3.8, 4) is 17.1 Å². The quantitative estimate of drug-likeness (QED) is 0.393. The van der Waals surface area contributed by atoms with Crippen LogP contribution < -0.4 is 10.1 Å². The van der Waals surface area contributed by atoms with Gasteiger partial charge in [0.1, 0.15) is 5.75 Å². The molecule has 1 N–H and O–H groups in total. The number of hydrogen-bond donors (Lipinski definition) is 1. The number of nitrogens with one attached hydrogen (secondary N) is 1. The normalized spacial score (nSPS) is 10.5. The van der Waals surface area contributed by atoms with E-state index in [1.54, 1.807) is 13.2 Å². The molecule has 1 heterocycles. The maximum atomic E-state index is 12.3. The number of thioether (sulfide) groups is 1. The number of rotatable bonds is 8. The predicted molar refractivity (Wildman–Crippen MR) is 116 cm³/mol. The Morgan fingerprint density at radius 1 is 1.29 bits per heavy atom. The number of aromatic nitrogens is 3. The number of nitrogens with zero attached hydrogens (tertiary/aromatic N) is 3. The Bertz CT molecular complexity index is 990. The standard InChI is InChI=1S/C20H19BrN4O2S/c1-3-11-25-19(14-7-6-8-15(12-14)27-2)23-24-20(25)28-13-18(26)22-17-10-5-4-9-16(17)21/h3-10,12H,1,11,13H2,2H3,(H,22,26). The van der Waals surface area contributed by atoms with Crippen molar-refractivity contribution in [1.82, 2.24) is 14.8 Å². The number of methoxy groups -OCH3 is 1. The maximum Gasteiger partial charge on any atom is 0.234 e. The number of carbonyl (C=O) groups is 1. The molecule has 1 aromatic heterocycles. The molecule has 0 spiro atoms. The fourth-order valence-corrected chi connectivity index (χ4v) is 3.68. The van der Waals surface area contributed by atoms with Gasteiger partial charge < -0.3 is 10.1 Å². The molecule has 0 aliphatic heterocycles. The minimum atomic E-state index is -0.118. The van der Waals surface area contributed by atoms with Gasteiger partial charge in [-0.05, 0) is 40.2 Å². The Morgan fingerprint density at radius 3 is 2.86 bits per heavy atom. The van der Waals surface area contributed by atoms with E-state index in [0.29, 0.717) is 17.5 Å². The van der Waals surface area contributed by atoms with Crippen LogP contribution in [-0.4, -0.2) is 33.5 Å². The van der Waals surface area contributed by atoms with Crippen molar-refractivity contribution in [2.45, 2.75) is 11.7 Å². The van der Waals surface area contributed by atoms with E-state index in [-0.39, 0.29) is 11.7 Å². The summed E-state index contributed by atoms with van der Waals surface area (Å²) in [7, 11) is 1.62. The van der Waals surface area contributed by atoms with Crippen LogP contribution in [-0.2, 0) is 11.3 Å². The lowest BCUT2D eigenvalue weighted by Gasteiger charge is -2.09. The van der Waals surface area contributed by atoms with Gasteiger partial charge in [0.2, 0.25) is 5.91 Å². The smallest absolute Gasteiger partial charge is 0.234 e. The zero-order chi connectivity index (χ0) is 19.9. The number of carbonyl (C=O) groups excluding carboxylic acids is 1. The summed E-state index contributed by atoms with van der Waals surface area (Å²) in [6.07, 6.45) is 1.78. The number of para-hydroxylation sites is 1. The maximum absolute atomic E-state index is 12.3. The zero-order valence-corrected chi connectivity index (χ0v) is 17.7. The van der Waals surface area contributed by atoms with E-state index in [9.17, 15) is 4.79 Å². The van der Waals surface area contributed by atoms with Crippen LogP contribution in [0.15, 0.2) is 70.8 Å². The SMILES string of the molecule is C=CCn1c(SCC(=O)Nc2ccccc2Br)nnc1-c1cccc(OC)c1. The highest BCUT2D eigenvalue weighted by Crippen LogP contribution is 2.27. The monoisotopic (exact) mass is 458 g/mol. The van der Waals surface area contributed by atoms with Crippen LogP contribution in [0.5, 0.6) is 5.75 Å². The first-order chi connectivity index (χ1) is 13.6. The van der Waals surface area contributed by atoms with Gasteiger partial charge in [0.05, 0.1) is 18.6 Å². The molecule has 28 heavy (non-hydrogen) atoms. The van der Waals surface area contributed by atoms with Crippen molar-refractivity contribution in [2.75, 3.05) is 18.2 Å². The Labute approximate surface area is 176 Å². The summed E-state index contributed by atoms with van der Waals surface area (Å²) in [6.45, 7) is 4.35. The Morgan fingerprint density at radius 2 is 2.11 bits per heavy atom. The van der Waals surface area contributed by atoms with Gasteiger partial charge in [0.25, 0.3) is 0 Å². The fraction of sp³-hybridized carbons (Fsp3) is 0.150. The van der Waals surface area contributed by atoms with Crippen LogP contribution in [0.25, 0.3) is 11.4 Å². The fourth-order valence-electron chi connectivity index (χ4n) is 2.54. The first kappa shape index (κ1) is 20.2. The molecule has 6 nitrogen and oxygen atoms in total. The van der Waals surface area contributed by atoms with Crippen molar-refractivity contribution in [2.24, 2.45) is 0 Å². The van der Waals surface area contributed by atoms with Gasteiger partial charge in [-0.1, -0.05) is 42.1 Å². The number of halogens is 1. The van der Waals surface area contributed by atoms with Crippen LogP contribution in [0, 0.1) is 0 Å². The van der Waals surface area contributed by atoms with Gasteiger partial charge in [-0.25, -0.2) is 0 Å². The number of allylic oxidation sites excluding steroid dienone is 1. The number of hydrogen-bond acceptors (Lipinski definition) is 5. The Kier molecular flexibility index (Phi) is 6.89. The Balaban J connectivity index is 1.75. The summed E-state index contributed by atoms with van der Waals surface area (Å²) in [5.74, 6) is 1.54. The largest absolute Gasteiger partial charge is 0.497 e. The van der Waals surface area contributed by atoms with Crippen LogP contribution in [0.2, 0.25) is 0 Å². The highest BCUT2D eigenvalue weighted by Gasteiger charge is 2.16. The molecule has 0 atom stereocenters. The molecular weight excluding hydrogens is 440 g/mol. The van der Waals surface area contributed by atoms with Crippen LogP contribution in [0.1, 0.15) is 0 Å². The molecule has 2 aromatic carbocycles. The molecule has 144 valence electrons. The first-order valence-electron chi connectivity index (χ1n) is 8.48. The Hall–Kier alpha value is -2.58. The second-order valence-electron chi connectivity index (χ2n) is 5.75. The summed E-state index contributed by atoms with van der Waals surface area (Å²) in [5.41, 5.74) is 1.62. The third-order valence-corrected chi connectivity index (χ3v) is 5.50. The van der Waals surface area contributed by atoms with Crippen LogP contribution >= 0.6 is 27.7 Å². The van der Waals surface area contributed by atoms with E-state index in [1.807, 2.05) is 53.1 Å².